The minimum absolute atomic E-state index is 0.377. The van der Waals surface area contributed by atoms with Gasteiger partial charge in [0.2, 0.25) is 0 Å². The van der Waals surface area contributed by atoms with E-state index in [1.807, 2.05) is 13.8 Å². The number of carbonyl (C=O) groups is 1. The van der Waals surface area contributed by atoms with Gasteiger partial charge in [-0.15, -0.1) is 0 Å². The van der Waals surface area contributed by atoms with Crippen LogP contribution in [-0.4, -0.2) is 12.6 Å². The molecule has 0 amide bonds. The van der Waals surface area contributed by atoms with Gasteiger partial charge in [0.25, 0.3) is 0 Å². The van der Waals surface area contributed by atoms with E-state index in [1.54, 1.807) is 6.92 Å². The van der Waals surface area contributed by atoms with E-state index in [0.29, 0.717) is 12.5 Å². The molecule has 0 radical (unpaired) electrons. The molecule has 2 heteroatoms. The van der Waals surface area contributed by atoms with Crippen LogP contribution in [0.5, 0.6) is 0 Å². The molecule has 56 valence electrons. The molecule has 0 heterocycles. The van der Waals surface area contributed by atoms with Gasteiger partial charge in [-0.2, -0.15) is 0 Å². The summed E-state index contributed by atoms with van der Waals surface area (Å²) < 4.78 is 4.73. The van der Waals surface area contributed by atoms with Crippen molar-refractivity contribution in [2.24, 2.45) is 5.92 Å². The molecule has 0 atom stereocenters. The predicted molar refractivity (Wildman–Crippen MR) is 39.2 cm³/mol. The SMILES string of the molecule is CC#CC(=O)OCC(C)C. The maximum atomic E-state index is 10.6. The van der Waals surface area contributed by atoms with Crippen LogP contribution in [0.25, 0.3) is 0 Å². The zero-order valence-corrected chi connectivity index (χ0v) is 6.60. The summed E-state index contributed by atoms with van der Waals surface area (Å²) in [6, 6.07) is 0. The monoisotopic (exact) mass is 140 g/mol. The molecule has 0 aromatic heterocycles. The lowest BCUT2D eigenvalue weighted by Gasteiger charge is -2.01. The largest absolute Gasteiger partial charge is 0.456 e. The third-order valence-corrected chi connectivity index (χ3v) is 0.775. The highest BCUT2D eigenvalue weighted by atomic mass is 16.5. The van der Waals surface area contributed by atoms with E-state index in [-0.39, 0.29) is 0 Å². The molecule has 0 unspecified atom stereocenters. The zero-order valence-electron chi connectivity index (χ0n) is 6.60. The first-order valence-electron chi connectivity index (χ1n) is 3.26. The van der Waals surface area contributed by atoms with E-state index >= 15 is 0 Å². The zero-order chi connectivity index (χ0) is 7.98. The Morgan fingerprint density at radius 1 is 1.60 bits per heavy atom. The molecule has 0 aromatic rings. The highest BCUT2D eigenvalue weighted by Crippen LogP contribution is 1.91. The first-order chi connectivity index (χ1) is 4.66. The molecule has 0 aromatic carbocycles. The minimum atomic E-state index is -0.434. The summed E-state index contributed by atoms with van der Waals surface area (Å²) >= 11 is 0. The van der Waals surface area contributed by atoms with E-state index in [9.17, 15) is 4.79 Å². The van der Waals surface area contributed by atoms with Crippen molar-refractivity contribution in [2.45, 2.75) is 20.8 Å². The van der Waals surface area contributed by atoms with Gasteiger partial charge in [-0.1, -0.05) is 19.8 Å². The van der Waals surface area contributed by atoms with Crippen molar-refractivity contribution in [1.29, 1.82) is 0 Å². The van der Waals surface area contributed by atoms with Gasteiger partial charge >= 0.3 is 5.97 Å². The van der Waals surface area contributed by atoms with Crippen LogP contribution in [0.2, 0.25) is 0 Å². The molecule has 0 aliphatic heterocycles. The Bertz CT molecular complexity index is 160. The second-order valence-corrected chi connectivity index (χ2v) is 2.37. The lowest BCUT2D eigenvalue weighted by Crippen LogP contribution is -2.07. The van der Waals surface area contributed by atoms with Gasteiger partial charge in [-0.3, -0.25) is 0 Å². The third kappa shape index (κ3) is 5.17. The standard InChI is InChI=1S/C8H12O2/c1-4-5-8(9)10-6-7(2)3/h7H,6H2,1-3H3. The fraction of sp³-hybridized carbons (Fsp3) is 0.625. The first kappa shape index (κ1) is 9.03. The van der Waals surface area contributed by atoms with Crippen LogP contribution in [0.4, 0.5) is 0 Å². The topological polar surface area (TPSA) is 26.3 Å². The number of hydrogen-bond acceptors (Lipinski definition) is 2. The summed E-state index contributed by atoms with van der Waals surface area (Å²) in [5.74, 6) is 4.70. The summed E-state index contributed by atoms with van der Waals surface area (Å²) in [5, 5.41) is 0. The van der Waals surface area contributed by atoms with Gasteiger partial charge in [0, 0.05) is 5.92 Å². The maximum absolute atomic E-state index is 10.6. The molecule has 0 saturated carbocycles. The third-order valence-electron chi connectivity index (χ3n) is 0.775. The van der Waals surface area contributed by atoms with E-state index in [1.165, 1.54) is 0 Å². The van der Waals surface area contributed by atoms with Gasteiger partial charge in [0.1, 0.15) is 0 Å². The quantitative estimate of drug-likeness (QED) is 0.327. The van der Waals surface area contributed by atoms with Crippen molar-refractivity contribution in [3.63, 3.8) is 0 Å². The van der Waals surface area contributed by atoms with E-state index in [4.69, 9.17) is 4.74 Å². The number of rotatable bonds is 2. The highest BCUT2D eigenvalue weighted by molar-refractivity contribution is 5.88. The average Bonchev–Trinajstić information content (AvgIpc) is 1.85. The van der Waals surface area contributed by atoms with E-state index in [2.05, 4.69) is 11.8 Å². The fourth-order valence-electron chi connectivity index (χ4n) is 0.381. The number of esters is 1. The van der Waals surface area contributed by atoms with Crippen molar-refractivity contribution in [3.05, 3.63) is 0 Å². The summed E-state index contributed by atoms with van der Waals surface area (Å²) in [7, 11) is 0. The molecule has 0 aliphatic carbocycles. The molecule has 0 saturated heterocycles. The van der Waals surface area contributed by atoms with Crippen molar-refractivity contribution >= 4 is 5.97 Å². The lowest BCUT2D eigenvalue weighted by molar-refractivity contribution is -0.137. The van der Waals surface area contributed by atoms with Crippen molar-refractivity contribution < 1.29 is 9.53 Å². The normalized spacial score (nSPS) is 8.40. The molecule has 0 N–H and O–H groups in total. The molecular formula is C8H12O2. The van der Waals surface area contributed by atoms with Crippen LogP contribution in [0.1, 0.15) is 20.8 Å². The Balaban J connectivity index is 3.47. The Hall–Kier alpha value is -0.970. The van der Waals surface area contributed by atoms with Gasteiger partial charge in [0.05, 0.1) is 6.61 Å². The Kier molecular flexibility index (Phi) is 4.39. The highest BCUT2D eigenvalue weighted by Gasteiger charge is 1.97. The molecule has 0 rings (SSSR count). The summed E-state index contributed by atoms with van der Waals surface area (Å²) in [6.07, 6.45) is 0. The van der Waals surface area contributed by atoms with Gasteiger partial charge in [0.15, 0.2) is 0 Å². The van der Waals surface area contributed by atoms with Gasteiger partial charge in [-0.25, -0.2) is 4.79 Å². The Morgan fingerprint density at radius 2 is 2.20 bits per heavy atom. The summed E-state index contributed by atoms with van der Waals surface area (Å²) in [5.41, 5.74) is 0. The van der Waals surface area contributed by atoms with Crippen LogP contribution in [0.3, 0.4) is 0 Å². The van der Waals surface area contributed by atoms with Gasteiger partial charge < -0.3 is 4.74 Å². The number of ether oxygens (including phenoxy) is 1. The smallest absolute Gasteiger partial charge is 0.384 e. The van der Waals surface area contributed by atoms with Crippen molar-refractivity contribution in [1.82, 2.24) is 0 Å². The molecule has 2 nitrogen and oxygen atoms in total. The number of hydrogen-bond donors (Lipinski definition) is 0. The van der Waals surface area contributed by atoms with Crippen LogP contribution in [0, 0.1) is 17.8 Å². The second-order valence-electron chi connectivity index (χ2n) is 2.37. The molecule has 10 heavy (non-hydrogen) atoms. The van der Waals surface area contributed by atoms with Crippen LogP contribution in [0.15, 0.2) is 0 Å². The molecular weight excluding hydrogens is 128 g/mol. The molecule has 0 fully saturated rings. The summed E-state index contributed by atoms with van der Waals surface area (Å²) in [4.78, 5) is 10.6. The van der Waals surface area contributed by atoms with E-state index in [0.717, 1.165) is 0 Å². The minimum Gasteiger partial charge on any atom is -0.456 e. The van der Waals surface area contributed by atoms with Crippen LogP contribution in [-0.2, 0) is 9.53 Å². The Labute approximate surface area is 61.6 Å². The fourth-order valence-corrected chi connectivity index (χ4v) is 0.381. The Morgan fingerprint density at radius 3 is 2.60 bits per heavy atom. The average molecular weight is 140 g/mol. The second kappa shape index (κ2) is 4.87. The van der Waals surface area contributed by atoms with Crippen LogP contribution >= 0.6 is 0 Å². The van der Waals surface area contributed by atoms with Crippen LogP contribution < -0.4 is 0 Å². The number of carbonyl (C=O) groups excluding carboxylic acids is 1. The summed E-state index contributed by atoms with van der Waals surface area (Å²) in [6.45, 7) is 6.02. The maximum Gasteiger partial charge on any atom is 0.384 e. The lowest BCUT2D eigenvalue weighted by atomic mass is 10.2. The van der Waals surface area contributed by atoms with Crippen molar-refractivity contribution in [2.75, 3.05) is 6.61 Å². The van der Waals surface area contributed by atoms with Crippen molar-refractivity contribution in [3.8, 4) is 11.8 Å². The van der Waals surface area contributed by atoms with Gasteiger partial charge in [-0.05, 0) is 12.8 Å². The molecule has 0 aliphatic rings. The first-order valence-corrected chi connectivity index (χ1v) is 3.26. The molecule has 0 spiro atoms. The predicted octanol–water partition coefficient (Wildman–Crippen LogP) is 1.21. The van der Waals surface area contributed by atoms with E-state index < -0.39 is 5.97 Å². The molecule has 0 bridgehead atoms.